The second-order valence-electron chi connectivity index (χ2n) is 7.72. The number of hydrogen-bond donors (Lipinski definition) is 1. The van der Waals surface area contributed by atoms with Crippen LogP contribution in [0, 0.1) is 12.3 Å². The fraction of sp³-hybridized carbons (Fsp3) is 0.579. The number of alkyl halides is 3. The van der Waals surface area contributed by atoms with Crippen LogP contribution in [0.2, 0.25) is 0 Å². The molecule has 0 bridgehead atoms. The Labute approximate surface area is 180 Å². The van der Waals surface area contributed by atoms with E-state index in [1.54, 1.807) is 13.0 Å². The van der Waals surface area contributed by atoms with Gasteiger partial charge in [0, 0.05) is 38.5 Å². The summed E-state index contributed by atoms with van der Waals surface area (Å²) in [5.41, 5.74) is 0.465. The molecule has 2 aromatic rings. The first-order valence-corrected chi connectivity index (χ1v) is 9.84. The molecule has 1 unspecified atom stereocenters. The number of carbonyl (C=O) groups is 2. The highest BCUT2D eigenvalue weighted by molar-refractivity contribution is 5.93. The number of carboxylic acids is 1. The smallest absolute Gasteiger partial charge is 0.475 e. The zero-order valence-corrected chi connectivity index (χ0v) is 17.3. The van der Waals surface area contributed by atoms with Crippen molar-refractivity contribution in [3.05, 3.63) is 30.0 Å². The average molecular weight is 460 g/mol. The molecule has 4 rings (SSSR count). The van der Waals surface area contributed by atoms with Crippen LogP contribution in [-0.2, 0) is 9.53 Å². The van der Waals surface area contributed by atoms with Crippen molar-refractivity contribution in [3.63, 3.8) is 0 Å². The van der Waals surface area contributed by atoms with Crippen molar-refractivity contribution < 1.29 is 41.4 Å². The van der Waals surface area contributed by atoms with Gasteiger partial charge in [-0.25, -0.2) is 4.79 Å². The van der Waals surface area contributed by atoms with Gasteiger partial charge in [0.05, 0.1) is 25.0 Å². The molecular formula is C19H23F3N4O6. The molecule has 0 aliphatic carbocycles. The fourth-order valence-corrected chi connectivity index (χ4v) is 3.77. The number of piperidine rings is 1. The number of nitrogens with zero attached hydrogens (tertiary/aromatic N) is 4. The fourth-order valence-electron chi connectivity index (χ4n) is 3.77. The third-order valence-corrected chi connectivity index (χ3v) is 5.19. The highest BCUT2D eigenvalue weighted by Gasteiger charge is 2.41. The quantitative estimate of drug-likeness (QED) is 0.720. The van der Waals surface area contributed by atoms with Crippen LogP contribution < -0.4 is 4.90 Å². The number of carbonyl (C=O) groups excluding carboxylic acids is 1. The van der Waals surface area contributed by atoms with E-state index in [4.69, 9.17) is 23.5 Å². The summed E-state index contributed by atoms with van der Waals surface area (Å²) in [5.74, 6) is -2.20. The van der Waals surface area contributed by atoms with Crippen molar-refractivity contribution in [1.82, 2.24) is 15.1 Å². The summed E-state index contributed by atoms with van der Waals surface area (Å²) in [7, 11) is 0. The summed E-state index contributed by atoms with van der Waals surface area (Å²) in [6, 6.07) is 2.24. The molecule has 2 aliphatic heterocycles. The van der Waals surface area contributed by atoms with E-state index < -0.39 is 12.1 Å². The van der Waals surface area contributed by atoms with Crippen LogP contribution in [0.5, 0.6) is 0 Å². The molecule has 1 N–H and O–H groups in total. The van der Waals surface area contributed by atoms with E-state index in [1.807, 2.05) is 4.90 Å². The first kappa shape index (κ1) is 23.6. The van der Waals surface area contributed by atoms with Crippen molar-refractivity contribution in [2.24, 2.45) is 5.41 Å². The molecule has 2 fully saturated rings. The van der Waals surface area contributed by atoms with Crippen molar-refractivity contribution in [3.8, 4) is 0 Å². The Morgan fingerprint density at radius 1 is 1.22 bits per heavy atom. The topological polar surface area (TPSA) is 122 Å². The molecule has 2 aliphatic rings. The number of rotatable bonds is 2. The lowest BCUT2D eigenvalue weighted by molar-refractivity contribution is -0.192. The lowest BCUT2D eigenvalue weighted by Crippen LogP contribution is -2.52. The lowest BCUT2D eigenvalue weighted by atomic mass is 9.80. The van der Waals surface area contributed by atoms with Crippen LogP contribution in [-0.4, -0.2) is 77.6 Å². The maximum Gasteiger partial charge on any atom is 0.490 e. The summed E-state index contributed by atoms with van der Waals surface area (Å²) in [5, 5.41) is 15.2. The van der Waals surface area contributed by atoms with Gasteiger partial charge in [-0.3, -0.25) is 4.79 Å². The van der Waals surface area contributed by atoms with E-state index in [-0.39, 0.29) is 11.3 Å². The molecule has 2 saturated heterocycles. The summed E-state index contributed by atoms with van der Waals surface area (Å²) < 4.78 is 48.3. The normalized spacial score (nSPS) is 21.6. The Kier molecular flexibility index (Phi) is 7.06. The number of hydrogen-bond acceptors (Lipinski definition) is 8. The summed E-state index contributed by atoms with van der Waals surface area (Å²) >= 11 is 0. The minimum atomic E-state index is -5.08. The van der Waals surface area contributed by atoms with Crippen molar-refractivity contribution in [1.29, 1.82) is 0 Å². The van der Waals surface area contributed by atoms with Crippen LogP contribution >= 0.6 is 0 Å². The van der Waals surface area contributed by atoms with E-state index in [1.165, 1.54) is 12.5 Å². The number of aliphatic carboxylic acids is 1. The number of furan rings is 1. The van der Waals surface area contributed by atoms with Gasteiger partial charge in [-0.1, -0.05) is 5.10 Å². The van der Waals surface area contributed by atoms with E-state index in [2.05, 4.69) is 15.1 Å². The second kappa shape index (κ2) is 9.59. The zero-order valence-electron chi connectivity index (χ0n) is 17.3. The summed E-state index contributed by atoms with van der Waals surface area (Å²) in [4.78, 5) is 25.6. The van der Waals surface area contributed by atoms with Gasteiger partial charge in [0.2, 0.25) is 5.89 Å². The number of carboxylic acid groups (broad SMARTS) is 1. The van der Waals surface area contributed by atoms with Crippen LogP contribution in [0.3, 0.4) is 0 Å². The number of aromatic nitrogens is 2. The van der Waals surface area contributed by atoms with Gasteiger partial charge in [-0.2, -0.15) is 13.2 Å². The molecule has 10 nitrogen and oxygen atoms in total. The Hall–Kier alpha value is -3.09. The van der Waals surface area contributed by atoms with Gasteiger partial charge in [-0.05, 0) is 18.9 Å². The van der Waals surface area contributed by atoms with Gasteiger partial charge >= 0.3 is 18.2 Å². The number of ether oxygens (including phenoxy) is 1. The molecule has 2 aromatic heterocycles. The molecule has 1 amide bonds. The van der Waals surface area contributed by atoms with Crippen molar-refractivity contribution >= 4 is 17.9 Å². The zero-order chi connectivity index (χ0) is 23.4. The van der Waals surface area contributed by atoms with Crippen molar-refractivity contribution in [2.45, 2.75) is 25.9 Å². The van der Waals surface area contributed by atoms with Gasteiger partial charge in [0.1, 0.15) is 6.26 Å². The van der Waals surface area contributed by atoms with Gasteiger partial charge < -0.3 is 28.5 Å². The molecule has 32 heavy (non-hydrogen) atoms. The highest BCUT2D eigenvalue weighted by Crippen LogP contribution is 2.35. The lowest BCUT2D eigenvalue weighted by Gasteiger charge is -2.43. The molecule has 0 radical (unpaired) electrons. The minimum absolute atomic E-state index is 0.0113. The SMILES string of the molecule is Cc1nnc(N2CCOCC3(CCCN(C(=O)c4ccoc4)C3)C2)o1.O=C(O)C(F)(F)F. The molecule has 1 atom stereocenters. The third-order valence-electron chi connectivity index (χ3n) is 5.19. The number of anilines is 1. The third kappa shape index (κ3) is 5.78. The predicted octanol–water partition coefficient (Wildman–Crippen LogP) is 2.36. The first-order chi connectivity index (χ1) is 15.1. The van der Waals surface area contributed by atoms with Crippen LogP contribution in [0.25, 0.3) is 0 Å². The summed E-state index contributed by atoms with van der Waals surface area (Å²) in [6.45, 7) is 5.88. The molecule has 0 saturated carbocycles. The predicted molar refractivity (Wildman–Crippen MR) is 102 cm³/mol. The van der Waals surface area contributed by atoms with Crippen molar-refractivity contribution in [2.75, 3.05) is 44.3 Å². The molecule has 176 valence electrons. The number of amides is 1. The van der Waals surface area contributed by atoms with Crippen LogP contribution in [0.15, 0.2) is 27.4 Å². The number of aryl methyl sites for hydroxylation is 1. The van der Waals surface area contributed by atoms with Gasteiger partial charge in [0.15, 0.2) is 0 Å². The molecule has 0 aromatic carbocycles. The Morgan fingerprint density at radius 3 is 2.56 bits per heavy atom. The summed E-state index contributed by atoms with van der Waals surface area (Å²) in [6.07, 6.45) is -0.0997. The van der Waals surface area contributed by atoms with Crippen LogP contribution in [0.1, 0.15) is 29.1 Å². The molecule has 4 heterocycles. The van der Waals surface area contributed by atoms with Gasteiger partial charge in [-0.15, -0.1) is 5.10 Å². The van der Waals surface area contributed by atoms with E-state index >= 15 is 0 Å². The standard InChI is InChI=1S/C17H22N4O4.C2HF3O2/c1-13-18-19-16(25-13)21-6-8-24-12-17(11-21)4-2-5-20(10-17)15(22)14-3-7-23-9-14;3-2(4,5)1(6)7/h3,7,9H,2,4-6,8,10-12H2,1H3;(H,6,7). The van der Waals surface area contributed by atoms with Crippen LogP contribution in [0.4, 0.5) is 19.2 Å². The Balaban J connectivity index is 0.000000360. The highest BCUT2D eigenvalue weighted by atomic mass is 19.4. The second-order valence-corrected chi connectivity index (χ2v) is 7.72. The molecule has 1 spiro atoms. The maximum absolute atomic E-state index is 12.7. The van der Waals surface area contributed by atoms with E-state index in [0.29, 0.717) is 43.8 Å². The Morgan fingerprint density at radius 2 is 1.97 bits per heavy atom. The minimum Gasteiger partial charge on any atom is -0.475 e. The maximum atomic E-state index is 12.7. The van der Waals surface area contributed by atoms with Gasteiger partial charge in [0.25, 0.3) is 5.91 Å². The van der Waals surface area contributed by atoms with E-state index in [9.17, 15) is 18.0 Å². The average Bonchev–Trinajstić information content (AvgIpc) is 3.38. The molecular weight excluding hydrogens is 437 g/mol. The monoisotopic (exact) mass is 460 g/mol. The Bertz CT molecular complexity index is 917. The van der Waals surface area contributed by atoms with E-state index in [0.717, 1.165) is 25.9 Å². The largest absolute Gasteiger partial charge is 0.490 e. The molecule has 13 heteroatoms. The number of likely N-dealkylation sites (tertiary alicyclic amines) is 1. The number of halogens is 3. The first-order valence-electron chi connectivity index (χ1n) is 9.84.